The van der Waals surface area contributed by atoms with Gasteiger partial charge in [-0.1, -0.05) is 27.2 Å². The number of pyridine rings is 1. The van der Waals surface area contributed by atoms with Crippen molar-refractivity contribution in [2.24, 2.45) is 0 Å². The van der Waals surface area contributed by atoms with Crippen LogP contribution in [0.1, 0.15) is 5.69 Å². The van der Waals surface area contributed by atoms with Gasteiger partial charge in [0.2, 0.25) is 0 Å². The molecule has 4 rings (SSSR count). The van der Waals surface area contributed by atoms with E-state index in [1.165, 1.54) is 0 Å². The van der Waals surface area contributed by atoms with E-state index in [2.05, 4.69) is 31.2 Å². The van der Waals surface area contributed by atoms with Crippen molar-refractivity contribution in [3.8, 4) is 17.1 Å². The summed E-state index contributed by atoms with van der Waals surface area (Å²) >= 11 is 3.44. The third kappa shape index (κ3) is 2.12. The third-order valence-electron chi connectivity index (χ3n) is 3.57. The molecule has 3 heterocycles. The third-order valence-corrected chi connectivity index (χ3v) is 4.10. The number of nitrogens with zero attached hydrogens (tertiary/aromatic N) is 5. The molecule has 1 aromatic carbocycles. The second-order valence-corrected chi connectivity index (χ2v) is 5.92. The summed E-state index contributed by atoms with van der Waals surface area (Å²) in [6, 6.07) is 13.9. The van der Waals surface area contributed by atoms with Crippen molar-refractivity contribution in [1.29, 1.82) is 0 Å². The first-order valence-electron chi connectivity index (χ1n) is 6.85. The molecule has 0 fully saturated rings. The summed E-state index contributed by atoms with van der Waals surface area (Å²) in [5.41, 5.74) is 4.46. The quantitative estimate of drug-likeness (QED) is 0.552. The average Bonchev–Trinajstić information content (AvgIpc) is 3.11. The van der Waals surface area contributed by atoms with Crippen LogP contribution in [0, 0.1) is 6.92 Å². The fourth-order valence-electron chi connectivity index (χ4n) is 2.44. The van der Waals surface area contributed by atoms with Crippen LogP contribution in [0.25, 0.3) is 22.7 Å². The van der Waals surface area contributed by atoms with Crippen LogP contribution in [0.2, 0.25) is 0 Å². The van der Waals surface area contributed by atoms with Crippen molar-refractivity contribution in [3.63, 3.8) is 0 Å². The Hall–Kier alpha value is -2.47. The number of aromatic nitrogens is 5. The molecule has 0 saturated heterocycles. The molecule has 108 valence electrons. The highest BCUT2D eigenvalue weighted by molar-refractivity contribution is 9.10. The molecule has 5 nitrogen and oxygen atoms in total. The lowest BCUT2D eigenvalue weighted by molar-refractivity contribution is 0.785. The van der Waals surface area contributed by atoms with E-state index in [4.69, 9.17) is 0 Å². The lowest BCUT2D eigenvalue weighted by Crippen LogP contribution is -1.98. The lowest BCUT2D eigenvalue weighted by atomic mass is 10.2. The average molecular weight is 354 g/mol. The molecule has 6 heteroatoms. The first-order chi connectivity index (χ1) is 10.7. The minimum Gasteiger partial charge on any atom is -0.306 e. The van der Waals surface area contributed by atoms with Crippen LogP contribution in [-0.4, -0.2) is 24.4 Å². The molecule has 0 saturated carbocycles. The number of rotatable bonds is 2. The molecule has 0 atom stereocenters. The zero-order valence-corrected chi connectivity index (χ0v) is 13.4. The molecule has 22 heavy (non-hydrogen) atoms. The van der Waals surface area contributed by atoms with Gasteiger partial charge >= 0.3 is 0 Å². The van der Waals surface area contributed by atoms with Gasteiger partial charge in [-0.2, -0.15) is 0 Å². The van der Waals surface area contributed by atoms with Crippen molar-refractivity contribution in [2.75, 3.05) is 0 Å². The predicted molar refractivity (Wildman–Crippen MR) is 88.0 cm³/mol. The molecule has 0 N–H and O–H groups in total. The molecule has 0 aliphatic heterocycles. The summed E-state index contributed by atoms with van der Waals surface area (Å²) in [6.45, 7) is 2.00. The Morgan fingerprint density at radius 3 is 2.64 bits per heavy atom. The van der Waals surface area contributed by atoms with Crippen molar-refractivity contribution >= 4 is 21.6 Å². The lowest BCUT2D eigenvalue weighted by Gasteiger charge is -2.03. The highest BCUT2D eigenvalue weighted by Gasteiger charge is 2.14. The summed E-state index contributed by atoms with van der Waals surface area (Å²) in [4.78, 5) is 4.60. The smallest absolute Gasteiger partial charge is 0.137 e. The van der Waals surface area contributed by atoms with Crippen LogP contribution < -0.4 is 0 Å². The van der Waals surface area contributed by atoms with Crippen molar-refractivity contribution in [2.45, 2.75) is 6.92 Å². The van der Waals surface area contributed by atoms with Gasteiger partial charge in [-0.05, 0) is 43.3 Å². The first-order valence-corrected chi connectivity index (χ1v) is 7.64. The standard InChI is InChI=1S/C16H12BrN5/c1-11-16(14-10-21-9-3-2-4-15(21)18-14)19-20-22(11)13-7-5-12(17)6-8-13/h2-10H,1H3. The molecule has 0 aliphatic rings. The minimum atomic E-state index is 0.798. The SMILES string of the molecule is Cc1c(-c2cn3ccccc3n2)nnn1-c1ccc(Br)cc1. The number of halogens is 1. The monoisotopic (exact) mass is 353 g/mol. The van der Waals surface area contributed by atoms with Crippen LogP contribution in [-0.2, 0) is 0 Å². The van der Waals surface area contributed by atoms with Gasteiger partial charge in [0.1, 0.15) is 17.0 Å². The molecule has 0 unspecified atom stereocenters. The van der Waals surface area contributed by atoms with Crippen LogP contribution in [0.5, 0.6) is 0 Å². The van der Waals surface area contributed by atoms with Crippen LogP contribution >= 0.6 is 15.9 Å². The molecule has 0 spiro atoms. The largest absolute Gasteiger partial charge is 0.306 e. The predicted octanol–water partition coefficient (Wildman–Crippen LogP) is 3.65. The number of imidazole rings is 1. The summed E-state index contributed by atoms with van der Waals surface area (Å²) in [5.74, 6) is 0. The zero-order chi connectivity index (χ0) is 15.1. The molecular formula is C16H12BrN5. The van der Waals surface area contributed by atoms with Gasteiger partial charge in [-0.3, -0.25) is 0 Å². The second kappa shape index (κ2) is 5.06. The molecular weight excluding hydrogens is 342 g/mol. The molecule has 4 aromatic rings. The van der Waals surface area contributed by atoms with Gasteiger partial charge in [0.05, 0.1) is 11.4 Å². The van der Waals surface area contributed by atoms with Crippen molar-refractivity contribution in [1.82, 2.24) is 24.4 Å². The number of fused-ring (bicyclic) bond motifs is 1. The van der Waals surface area contributed by atoms with Gasteiger partial charge in [-0.25, -0.2) is 9.67 Å². The molecule has 0 aliphatic carbocycles. The molecule has 0 amide bonds. The van der Waals surface area contributed by atoms with Crippen LogP contribution in [0.3, 0.4) is 0 Å². The summed E-state index contributed by atoms with van der Waals surface area (Å²) in [7, 11) is 0. The second-order valence-electron chi connectivity index (χ2n) is 5.00. The van der Waals surface area contributed by atoms with E-state index in [1.807, 2.05) is 70.9 Å². The van der Waals surface area contributed by atoms with Crippen molar-refractivity contribution in [3.05, 3.63) is 65.0 Å². The minimum absolute atomic E-state index is 0.798. The summed E-state index contributed by atoms with van der Waals surface area (Å²) < 4.78 is 4.84. The number of benzene rings is 1. The maximum atomic E-state index is 4.60. The highest BCUT2D eigenvalue weighted by Crippen LogP contribution is 2.23. The Bertz CT molecular complexity index is 919. The normalized spacial score (nSPS) is 11.2. The van der Waals surface area contributed by atoms with Gasteiger partial charge in [0, 0.05) is 16.9 Å². The molecule has 0 radical (unpaired) electrons. The van der Waals surface area contributed by atoms with Crippen molar-refractivity contribution < 1.29 is 0 Å². The number of hydrogen-bond acceptors (Lipinski definition) is 3. The topological polar surface area (TPSA) is 48.0 Å². The van der Waals surface area contributed by atoms with E-state index in [0.717, 1.165) is 32.9 Å². The van der Waals surface area contributed by atoms with E-state index in [1.54, 1.807) is 0 Å². The summed E-state index contributed by atoms with van der Waals surface area (Å²) in [5, 5.41) is 8.57. The zero-order valence-electron chi connectivity index (χ0n) is 11.8. The van der Waals surface area contributed by atoms with Crippen LogP contribution in [0.4, 0.5) is 0 Å². The Balaban J connectivity index is 1.82. The van der Waals surface area contributed by atoms with E-state index in [-0.39, 0.29) is 0 Å². The molecule has 0 bridgehead atoms. The fraction of sp³-hybridized carbons (Fsp3) is 0.0625. The van der Waals surface area contributed by atoms with Gasteiger partial charge in [0.15, 0.2) is 0 Å². The van der Waals surface area contributed by atoms with Crippen LogP contribution in [0.15, 0.2) is 59.3 Å². The first kappa shape index (κ1) is 13.2. The Kier molecular flexibility index (Phi) is 3.04. The van der Waals surface area contributed by atoms with E-state index in [0.29, 0.717) is 0 Å². The van der Waals surface area contributed by atoms with Gasteiger partial charge in [0.25, 0.3) is 0 Å². The van der Waals surface area contributed by atoms with Gasteiger partial charge in [-0.15, -0.1) is 5.10 Å². The molecule has 3 aromatic heterocycles. The van der Waals surface area contributed by atoms with E-state index < -0.39 is 0 Å². The van der Waals surface area contributed by atoms with E-state index in [9.17, 15) is 0 Å². The van der Waals surface area contributed by atoms with Gasteiger partial charge < -0.3 is 4.40 Å². The fourth-order valence-corrected chi connectivity index (χ4v) is 2.71. The maximum absolute atomic E-state index is 4.60. The Morgan fingerprint density at radius 1 is 1.05 bits per heavy atom. The highest BCUT2D eigenvalue weighted by atomic mass is 79.9. The Morgan fingerprint density at radius 2 is 1.86 bits per heavy atom. The van der Waals surface area contributed by atoms with E-state index >= 15 is 0 Å². The Labute approximate surface area is 135 Å². The summed E-state index contributed by atoms with van der Waals surface area (Å²) in [6.07, 6.45) is 3.94. The maximum Gasteiger partial charge on any atom is 0.137 e. The number of hydrogen-bond donors (Lipinski definition) is 0.